The van der Waals surface area contributed by atoms with E-state index in [-0.39, 0.29) is 6.03 Å². The van der Waals surface area contributed by atoms with Gasteiger partial charge in [-0.05, 0) is 29.9 Å². The average Bonchev–Trinajstić information content (AvgIpc) is 2.47. The topological polar surface area (TPSA) is 41.6 Å². The fraction of sp³-hybridized carbons (Fsp3) is 0.562. The molecule has 0 bridgehead atoms. The predicted octanol–water partition coefficient (Wildman–Crippen LogP) is 2.77. The lowest BCUT2D eigenvalue weighted by Gasteiger charge is -2.30. The van der Waals surface area contributed by atoms with Crippen LogP contribution in [0.15, 0.2) is 24.3 Å². The van der Waals surface area contributed by atoms with Gasteiger partial charge >= 0.3 is 6.03 Å². The van der Waals surface area contributed by atoms with Crippen molar-refractivity contribution in [2.45, 2.75) is 32.9 Å². The van der Waals surface area contributed by atoms with Crippen molar-refractivity contribution in [2.24, 2.45) is 5.92 Å². The second kappa shape index (κ2) is 7.29. The van der Waals surface area contributed by atoms with E-state index in [9.17, 15) is 4.79 Å². The van der Waals surface area contributed by atoms with E-state index in [1.54, 1.807) is 7.11 Å². The first kappa shape index (κ1) is 14.9. The maximum atomic E-state index is 12.1. The van der Waals surface area contributed by atoms with Crippen LogP contribution in [0.2, 0.25) is 0 Å². The number of carbonyl (C=O) groups excluding carboxylic acids is 1. The Labute approximate surface area is 121 Å². The normalized spacial score (nSPS) is 16.2. The van der Waals surface area contributed by atoms with Crippen molar-refractivity contribution in [3.05, 3.63) is 35.4 Å². The molecule has 4 nitrogen and oxygen atoms in total. The Kier molecular flexibility index (Phi) is 5.41. The molecule has 1 saturated heterocycles. The molecule has 0 atom stereocenters. The van der Waals surface area contributed by atoms with Crippen molar-refractivity contribution in [3.8, 4) is 0 Å². The van der Waals surface area contributed by atoms with Crippen LogP contribution in [0.1, 0.15) is 30.9 Å². The van der Waals surface area contributed by atoms with Gasteiger partial charge in [-0.2, -0.15) is 0 Å². The van der Waals surface area contributed by atoms with Gasteiger partial charge in [-0.15, -0.1) is 0 Å². The molecule has 4 heteroatoms. The summed E-state index contributed by atoms with van der Waals surface area (Å²) in [6, 6.07) is 8.10. The maximum Gasteiger partial charge on any atom is 0.317 e. The van der Waals surface area contributed by atoms with Gasteiger partial charge in [-0.3, -0.25) is 0 Å². The second-order valence-electron chi connectivity index (χ2n) is 5.53. The van der Waals surface area contributed by atoms with Crippen LogP contribution in [0.4, 0.5) is 4.79 Å². The highest BCUT2D eigenvalue weighted by Crippen LogP contribution is 2.16. The standard InChI is InChI=1S/C16H24N2O2/c1-13-7-9-18(10-8-13)16(19)17-11-14-5-3-4-6-15(14)12-20-2/h3-6,13H,7-12H2,1-2H3,(H,17,19). The Morgan fingerprint density at radius 1 is 1.30 bits per heavy atom. The lowest BCUT2D eigenvalue weighted by Crippen LogP contribution is -2.43. The van der Waals surface area contributed by atoms with Crippen molar-refractivity contribution in [3.63, 3.8) is 0 Å². The van der Waals surface area contributed by atoms with Gasteiger partial charge in [0.15, 0.2) is 0 Å². The third-order valence-corrected chi connectivity index (χ3v) is 3.92. The molecule has 1 aromatic carbocycles. The number of ether oxygens (including phenoxy) is 1. The number of urea groups is 1. The molecule has 1 fully saturated rings. The summed E-state index contributed by atoms with van der Waals surface area (Å²) in [7, 11) is 1.68. The molecule has 0 unspecified atom stereocenters. The summed E-state index contributed by atoms with van der Waals surface area (Å²) >= 11 is 0. The van der Waals surface area contributed by atoms with Gasteiger partial charge in [0.2, 0.25) is 0 Å². The number of hydrogen-bond donors (Lipinski definition) is 1. The first-order chi connectivity index (χ1) is 9.70. The molecular weight excluding hydrogens is 252 g/mol. The zero-order chi connectivity index (χ0) is 14.4. The highest BCUT2D eigenvalue weighted by atomic mass is 16.5. The molecule has 20 heavy (non-hydrogen) atoms. The number of hydrogen-bond acceptors (Lipinski definition) is 2. The van der Waals surface area contributed by atoms with Gasteiger partial charge in [0, 0.05) is 26.7 Å². The molecule has 0 radical (unpaired) electrons. The number of nitrogens with one attached hydrogen (secondary N) is 1. The van der Waals surface area contributed by atoms with Gasteiger partial charge in [0.25, 0.3) is 0 Å². The van der Waals surface area contributed by atoms with Crippen LogP contribution in [-0.2, 0) is 17.9 Å². The number of methoxy groups -OCH3 is 1. The fourth-order valence-corrected chi connectivity index (χ4v) is 2.52. The monoisotopic (exact) mass is 276 g/mol. The van der Waals surface area contributed by atoms with Gasteiger partial charge in [-0.25, -0.2) is 4.79 Å². The molecule has 0 spiro atoms. The second-order valence-corrected chi connectivity index (χ2v) is 5.53. The summed E-state index contributed by atoms with van der Waals surface area (Å²) in [5, 5.41) is 3.01. The van der Waals surface area contributed by atoms with Crippen molar-refractivity contribution in [1.29, 1.82) is 0 Å². The molecule has 0 aliphatic carbocycles. The average molecular weight is 276 g/mol. The number of piperidine rings is 1. The third-order valence-electron chi connectivity index (χ3n) is 3.92. The summed E-state index contributed by atoms with van der Waals surface area (Å²) in [5.41, 5.74) is 2.25. The Hall–Kier alpha value is -1.55. The Morgan fingerprint density at radius 2 is 1.95 bits per heavy atom. The first-order valence-corrected chi connectivity index (χ1v) is 7.29. The molecule has 0 aromatic heterocycles. The van der Waals surface area contributed by atoms with E-state index in [0.717, 1.165) is 43.0 Å². The predicted molar refractivity (Wildman–Crippen MR) is 79.4 cm³/mol. The van der Waals surface area contributed by atoms with E-state index in [0.29, 0.717) is 13.2 Å². The van der Waals surface area contributed by atoms with Crippen LogP contribution >= 0.6 is 0 Å². The lowest BCUT2D eigenvalue weighted by atomic mass is 10.00. The number of nitrogens with zero attached hydrogens (tertiary/aromatic N) is 1. The molecule has 1 aliphatic rings. The van der Waals surface area contributed by atoms with Crippen LogP contribution in [0.25, 0.3) is 0 Å². The van der Waals surface area contributed by atoms with Crippen LogP contribution < -0.4 is 5.32 Å². The number of benzene rings is 1. The van der Waals surface area contributed by atoms with Crippen LogP contribution in [0.5, 0.6) is 0 Å². The highest BCUT2D eigenvalue weighted by Gasteiger charge is 2.19. The van der Waals surface area contributed by atoms with E-state index in [1.807, 2.05) is 29.2 Å². The minimum atomic E-state index is 0.0455. The van der Waals surface area contributed by atoms with E-state index in [1.165, 1.54) is 0 Å². The number of carbonyl (C=O) groups is 1. The Morgan fingerprint density at radius 3 is 2.60 bits per heavy atom. The van der Waals surface area contributed by atoms with E-state index in [4.69, 9.17) is 4.74 Å². The van der Waals surface area contributed by atoms with E-state index in [2.05, 4.69) is 12.2 Å². The molecule has 110 valence electrons. The van der Waals surface area contributed by atoms with Crippen LogP contribution in [0, 0.1) is 5.92 Å². The summed E-state index contributed by atoms with van der Waals surface area (Å²) in [4.78, 5) is 14.0. The van der Waals surface area contributed by atoms with Gasteiger partial charge in [0.1, 0.15) is 0 Å². The summed E-state index contributed by atoms with van der Waals surface area (Å²) < 4.78 is 5.18. The minimum absolute atomic E-state index is 0.0455. The number of amides is 2. The minimum Gasteiger partial charge on any atom is -0.380 e. The quantitative estimate of drug-likeness (QED) is 0.918. The Balaban J connectivity index is 1.87. The zero-order valence-corrected chi connectivity index (χ0v) is 12.4. The molecule has 2 rings (SSSR count). The highest BCUT2D eigenvalue weighted by molar-refractivity contribution is 5.74. The van der Waals surface area contributed by atoms with Crippen molar-refractivity contribution in [1.82, 2.24) is 10.2 Å². The van der Waals surface area contributed by atoms with Gasteiger partial charge in [0.05, 0.1) is 6.61 Å². The maximum absolute atomic E-state index is 12.1. The van der Waals surface area contributed by atoms with Crippen molar-refractivity contribution >= 4 is 6.03 Å². The van der Waals surface area contributed by atoms with Crippen LogP contribution in [-0.4, -0.2) is 31.1 Å². The van der Waals surface area contributed by atoms with Crippen LogP contribution in [0.3, 0.4) is 0 Å². The zero-order valence-electron chi connectivity index (χ0n) is 12.4. The van der Waals surface area contributed by atoms with Crippen molar-refractivity contribution < 1.29 is 9.53 Å². The number of rotatable bonds is 4. The Bertz CT molecular complexity index is 440. The largest absolute Gasteiger partial charge is 0.380 e. The smallest absolute Gasteiger partial charge is 0.317 e. The first-order valence-electron chi connectivity index (χ1n) is 7.29. The van der Waals surface area contributed by atoms with Gasteiger partial charge < -0.3 is 15.0 Å². The van der Waals surface area contributed by atoms with Crippen molar-refractivity contribution in [2.75, 3.05) is 20.2 Å². The number of likely N-dealkylation sites (tertiary alicyclic amines) is 1. The lowest BCUT2D eigenvalue weighted by molar-refractivity contribution is 0.173. The SMILES string of the molecule is COCc1ccccc1CNC(=O)N1CCC(C)CC1. The molecular formula is C16H24N2O2. The summed E-state index contributed by atoms with van der Waals surface area (Å²) in [6.45, 7) is 5.12. The molecule has 1 aliphatic heterocycles. The summed E-state index contributed by atoms with van der Waals surface area (Å²) in [5.74, 6) is 0.737. The van der Waals surface area contributed by atoms with Gasteiger partial charge in [-0.1, -0.05) is 31.2 Å². The fourth-order valence-electron chi connectivity index (χ4n) is 2.52. The molecule has 2 amide bonds. The van der Waals surface area contributed by atoms with E-state index >= 15 is 0 Å². The molecule has 1 N–H and O–H groups in total. The molecule has 1 aromatic rings. The molecule has 1 heterocycles. The van der Waals surface area contributed by atoms with E-state index < -0.39 is 0 Å². The summed E-state index contributed by atoms with van der Waals surface area (Å²) in [6.07, 6.45) is 2.21. The molecule has 0 saturated carbocycles. The third kappa shape index (κ3) is 3.97.